The summed E-state index contributed by atoms with van der Waals surface area (Å²) >= 11 is 0. The number of aromatic amines is 1. The first kappa shape index (κ1) is 16.5. The van der Waals surface area contributed by atoms with E-state index in [-0.39, 0.29) is 5.92 Å². The molecule has 28 heavy (non-hydrogen) atoms. The third kappa shape index (κ3) is 1.79. The van der Waals surface area contributed by atoms with Crippen LogP contribution in [0.1, 0.15) is 30.1 Å². The lowest BCUT2D eigenvalue weighted by Crippen LogP contribution is -2.47. The number of hydrogen-bond donors (Lipinski definition) is 1. The Hall–Kier alpha value is -3.68. The Kier molecular flexibility index (Phi) is 3.19. The van der Waals surface area contributed by atoms with Gasteiger partial charge in [-0.15, -0.1) is 0 Å². The maximum atomic E-state index is 13.4. The molecule has 8 nitrogen and oxygen atoms in total. The Morgan fingerprint density at radius 3 is 2.64 bits per heavy atom. The second-order valence-electron chi connectivity index (χ2n) is 7.18. The van der Waals surface area contributed by atoms with Gasteiger partial charge in [0.25, 0.3) is 0 Å². The molecule has 2 aliphatic carbocycles. The van der Waals surface area contributed by atoms with E-state index >= 15 is 0 Å². The van der Waals surface area contributed by atoms with Crippen molar-refractivity contribution >= 4 is 0 Å². The molecule has 1 aromatic carbocycles. The van der Waals surface area contributed by atoms with Crippen LogP contribution in [0.2, 0.25) is 0 Å². The number of nitrogens with one attached hydrogen (secondary N) is 1. The summed E-state index contributed by atoms with van der Waals surface area (Å²) in [5.74, 6) is -0.817. The molecule has 0 radical (unpaired) electrons. The van der Waals surface area contributed by atoms with Crippen LogP contribution in [0.15, 0.2) is 76.6 Å². The number of H-pyrrole nitrogens is 1. The zero-order chi connectivity index (χ0) is 19.6. The highest BCUT2D eigenvalue weighted by molar-refractivity contribution is 5.50. The smallest absolute Gasteiger partial charge is 0.352 e. The number of aromatic nitrogens is 5. The van der Waals surface area contributed by atoms with E-state index in [9.17, 15) is 14.8 Å². The molecule has 0 saturated carbocycles. The van der Waals surface area contributed by atoms with Crippen molar-refractivity contribution in [3.05, 3.63) is 105 Å². The summed E-state index contributed by atoms with van der Waals surface area (Å²) in [7, 11) is 0. The first-order valence-electron chi connectivity index (χ1n) is 8.90. The summed E-state index contributed by atoms with van der Waals surface area (Å²) in [6, 6.07) is 8.71. The molecule has 1 N–H and O–H groups in total. The molecule has 5 rings (SSSR count). The molecule has 3 unspecified atom stereocenters. The van der Waals surface area contributed by atoms with Gasteiger partial charge >= 0.3 is 11.4 Å². The van der Waals surface area contributed by atoms with Crippen molar-refractivity contribution in [3.8, 4) is 5.69 Å². The zero-order valence-corrected chi connectivity index (χ0v) is 15.1. The number of nitrogens with zero attached hydrogens (tertiary/aromatic N) is 4. The van der Waals surface area contributed by atoms with Gasteiger partial charge in [-0.3, -0.25) is 0 Å². The van der Waals surface area contributed by atoms with Gasteiger partial charge in [0.15, 0.2) is 6.20 Å². The molecular formula is C20H17N5O3. The maximum Gasteiger partial charge on any atom is 0.352 e. The lowest BCUT2D eigenvalue weighted by Gasteiger charge is -2.34. The van der Waals surface area contributed by atoms with Crippen molar-refractivity contribution in [1.82, 2.24) is 19.3 Å². The minimum Gasteiger partial charge on any atom is -0.618 e. The molecule has 0 saturated heterocycles. The van der Waals surface area contributed by atoms with Crippen molar-refractivity contribution in [1.29, 1.82) is 0 Å². The molecule has 3 aromatic rings. The average molecular weight is 375 g/mol. The SMILES string of the molecule is C=C(C)C1(n2[nH]c(=O)n(-c3ccccc3)c2=O)C2C=CC1c1c2ncc[n+]1[O-]. The Bertz CT molecular complexity index is 1270. The molecule has 8 heteroatoms. The Morgan fingerprint density at radius 2 is 1.96 bits per heavy atom. The van der Waals surface area contributed by atoms with Crippen LogP contribution in [-0.2, 0) is 5.54 Å². The van der Waals surface area contributed by atoms with Crippen molar-refractivity contribution in [2.75, 3.05) is 0 Å². The molecule has 2 aromatic heterocycles. The third-order valence-electron chi connectivity index (χ3n) is 5.81. The molecule has 0 spiro atoms. The molecule has 2 bridgehead atoms. The van der Waals surface area contributed by atoms with Crippen LogP contribution >= 0.6 is 0 Å². The molecule has 2 heterocycles. The van der Waals surface area contributed by atoms with E-state index in [0.29, 0.717) is 22.6 Å². The van der Waals surface area contributed by atoms with E-state index in [1.54, 1.807) is 31.2 Å². The highest BCUT2D eigenvalue weighted by atomic mass is 16.5. The summed E-state index contributed by atoms with van der Waals surface area (Å²) in [5.41, 5.74) is 0.148. The van der Waals surface area contributed by atoms with Gasteiger partial charge in [-0.2, -0.15) is 4.73 Å². The van der Waals surface area contributed by atoms with Crippen LogP contribution in [0.4, 0.5) is 0 Å². The highest BCUT2D eigenvalue weighted by Gasteiger charge is 2.63. The lowest BCUT2D eigenvalue weighted by atomic mass is 9.79. The maximum absolute atomic E-state index is 13.4. The standard InChI is InChI=1S/C20H17N5O3/c1-12(2)20(14-8-9-15(20)17-16(14)21-10-11-23(17)28)25-19(27)24(18(26)22-25)13-6-4-3-5-7-13/h3-11,14-15H,1H2,2H3,(H,22,26). The predicted molar refractivity (Wildman–Crippen MR) is 101 cm³/mol. The third-order valence-corrected chi connectivity index (χ3v) is 5.81. The normalized spacial score (nSPS) is 24.5. The second kappa shape index (κ2) is 5.41. The van der Waals surface area contributed by atoms with Crippen LogP contribution in [0.25, 0.3) is 5.69 Å². The van der Waals surface area contributed by atoms with E-state index in [1.165, 1.54) is 17.1 Å². The average Bonchev–Trinajstić information content (AvgIpc) is 3.30. The zero-order valence-electron chi connectivity index (χ0n) is 15.1. The van der Waals surface area contributed by atoms with Gasteiger partial charge in [0.1, 0.15) is 11.2 Å². The van der Waals surface area contributed by atoms with Gasteiger partial charge < -0.3 is 5.21 Å². The number of para-hydroxylation sites is 1. The largest absolute Gasteiger partial charge is 0.618 e. The van der Waals surface area contributed by atoms with Crippen molar-refractivity contribution < 1.29 is 4.73 Å². The van der Waals surface area contributed by atoms with E-state index in [4.69, 9.17) is 0 Å². The number of allylic oxidation sites excluding steroid dienone is 3. The molecule has 2 aliphatic rings. The van der Waals surface area contributed by atoms with Gasteiger partial charge in [-0.1, -0.05) is 42.5 Å². The summed E-state index contributed by atoms with van der Waals surface area (Å²) < 4.78 is 3.19. The van der Waals surface area contributed by atoms with Crippen molar-refractivity contribution in [2.45, 2.75) is 24.3 Å². The van der Waals surface area contributed by atoms with Gasteiger partial charge in [0.2, 0.25) is 5.69 Å². The summed E-state index contributed by atoms with van der Waals surface area (Å²) in [5, 5.41) is 15.2. The van der Waals surface area contributed by atoms with Gasteiger partial charge in [-0.05, 0) is 19.1 Å². The van der Waals surface area contributed by atoms with Gasteiger partial charge in [0, 0.05) is 0 Å². The summed E-state index contributed by atoms with van der Waals surface area (Å²) in [6.07, 6.45) is 6.61. The van der Waals surface area contributed by atoms with E-state index in [0.717, 1.165) is 9.30 Å². The lowest BCUT2D eigenvalue weighted by molar-refractivity contribution is -0.615. The molecule has 140 valence electrons. The quantitative estimate of drug-likeness (QED) is 0.421. The number of fused-ring (bicyclic) bond motifs is 5. The van der Waals surface area contributed by atoms with Gasteiger partial charge in [-0.25, -0.2) is 28.9 Å². The summed E-state index contributed by atoms with van der Waals surface area (Å²) in [4.78, 5) is 30.5. The Morgan fingerprint density at radius 1 is 1.25 bits per heavy atom. The highest BCUT2D eigenvalue weighted by Crippen LogP contribution is 2.59. The van der Waals surface area contributed by atoms with Gasteiger partial charge in [0.05, 0.1) is 23.7 Å². The number of benzene rings is 1. The monoisotopic (exact) mass is 375 g/mol. The van der Waals surface area contributed by atoms with Crippen molar-refractivity contribution in [3.63, 3.8) is 0 Å². The molecule has 0 aliphatic heterocycles. The van der Waals surface area contributed by atoms with Crippen LogP contribution in [0.3, 0.4) is 0 Å². The fraction of sp³-hybridized carbons (Fsp3) is 0.200. The molecular weight excluding hydrogens is 358 g/mol. The van der Waals surface area contributed by atoms with Crippen LogP contribution in [0, 0.1) is 5.21 Å². The van der Waals surface area contributed by atoms with E-state index in [1.807, 2.05) is 18.2 Å². The molecule has 0 fully saturated rings. The fourth-order valence-electron chi connectivity index (χ4n) is 4.71. The second-order valence-corrected chi connectivity index (χ2v) is 7.18. The van der Waals surface area contributed by atoms with E-state index < -0.39 is 22.8 Å². The minimum absolute atomic E-state index is 0.369. The number of rotatable bonds is 3. The van der Waals surface area contributed by atoms with E-state index in [2.05, 4.69) is 16.7 Å². The Labute approximate surface area is 159 Å². The van der Waals surface area contributed by atoms with Crippen molar-refractivity contribution in [2.24, 2.45) is 0 Å². The fourth-order valence-corrected chi connectivity index (χ4v) is 4.71. The first-order chi connectivity index (χ1) is 13.5. The molecule has 0 amide bonds. The number of hydrogen-bond acceptors (Lipinski definition) is 4. The predicted octanol–water partition coefficient (Wildman–Crippen LogP) is 1.08. The summed E-state index contributed by atoms with van der Waals surface area (Å²) in [6.45, 7) is 5.93. The molecule has 3 atom stereocenters. The Balaban J connectivity index is 1.80. The topological polar surface area (TPSA) is 99.6 Å². The first-order valence-corrected chi connectivity index (χ1v) is 8.90. The van der Waals surface area contributed by atoms with Crippen LogP contribution < -0.4 is 16.1 Å². The van der Waals surface area contributed by atoms with Crippen LogP contribution in [-0.4, -0.2) is 19.3 Å². The van der Waals surface area contributed by atoms with Crippen LogP contribution in [0.5, 0.6) is 0 Å². The minimum atomic E-state index is -1.01.